The molecule has 2 heteroatoms. The summed E-state index contributed by atoms with van der Waals surface area (Å²) in [5.74, 6) is 0.188. The van der Waals surface area contributed by atoms with Gasteiger partial charge in [0, 0.05) is 17.5 Å². The Kier molecular flexibility index (Phi) is 6.01. The summed E-state index contributed by atoms with van der Waals surface area (Å²) in [4.78, 5) is 4.54. The van der Waals surface area contributed by atoms with Crippen molar-refractivity contribution >= 4 is 10.9 Å². The number of aromatic nitrogens is 1. The monoisotopic (exact) mass is 429 g/mol. The first-order valence-corrected chi connectivity index (χ1v) is 11.4. The standard InChI is InChI=1S/C31H27NO/c1-24(28-21-22-32-30-20-12-11-19-29(28)30)23-33-31(25-13-5-2-6-14-25,26-15-7-3-8-16-26)27-17-9-4-10-18-27/h2-22,24H,23H2,1H3. The van der Waals surface area contributed by atoms with Crippen molar-refractivity contribution in [2.45, 2.75) is 18.4 Å². The minimum atomic E-state index is -0.707. The molecule has 0 saturated heterocycles. The number of para-hydroxylation sites is 1. The van der Waals surface area contributed by atoms with Crippen LogP contribution >= 0.6 is 0 Å². The zero-order valence-corrected chi connectivity index (χ0v) is 18.8. The van der Waals surface area contributed by atoms with E-state index < -0.39 is 5.60 Å². The van der Waals surface area contributed by atoms with E-state index in [2.05, 4.69) is 127 Å². The molecule has 0 spiro atoms. The normalized spacial score (nSPS) is 12.5. The van der Waals surface area contributed by atoms with Gasteiger partial charge in [0.1, 0.15) is 5.60 Å². The molecule has 1 heterocycles. The molecular formula is C31H27NO. The number of ether oxygens (including phenoxy) is 1. The number of nitrogens with zero attached hydrogens (tertiary/aromatic N) is 1. The maximum absolute atomic E-state index is 7.03. The van der Waals surface area contributed by atoms with E-state index in [1.165, 1.54) is 10.9 Å². The van der Waals surface area contributed by atoms with Crippen LogP contribution in [0, 0.1) is 0 Å². The average molecular weight is 430 g/mol. The SMILES string of the molecule is CC(COC(c1ccccc1)(c1ccccc1)c1ccccc1)c1ccnc2ccccc12. The topological polar surface area (TPSA) is 22.1 Å². The lowest BCUT2D eigenvalue weighted by Gasteiger charge is -2.37. The van der Waals surface area contributed by atoms with Gasteiger partial charge in [0.05, 0.1) is 12.1 Å². The van der Waals surface area contributed by atoms with Gasteiger partial charge in [-0.25, -0.2) is 0 Å². The molecule has 33 heavy (non-hydrogen) atoms. The molecule has 0 aliphatic rings. The molecule has 1 unspecified atom stereocenters. The first-order chi connectivity index (χ1) is 16.3. The van der Waals surface area contributed by atoms with Gasteiger partial charge in [-0.05, 0) is 34.4 Å². The van der Waals surface area contributed by atoms with Gasteiger partial charge in [-0.2, -0.15) is 0 Å². The van der Waals surface area contributed by atoms with E-state index in [0.717, 1.165) is 22.2 Å². The van der Waals surface area contributed by atoms with Crippen molar-refractivity contribution in [3.63, 3.8) is 0 Å². The van der Waals surface area contributed by atoms with E-state index in [4.69, 9.17) is 4.74 Å². The number of hydrogen-bond donors (Lipinski definition) is 0. The van der Waals surface area contributed by atoms with Gasteiger partial charge in [0.15, 0.2) is 0 Å². The molecule has 0 saturated carbocycles. The van der Waals surface area contributed by atoms with E-state index in [9.17, 15) is 0 Å². The van der Waals surface area contributed by atoms with Crippen LogP contribution in [0.25, 0.3) is 10.9 Å². The Balaban J connectivity index is 1.61. The predicted molar refractivity (Wildman–Crippen MR) is 135 cm³/mol. The van der Waals surface area contributed by atoms with Crippen molar-refractivity contribution < 1.29 is 4.74 Å². The van der Waals surface area contributed by atoms with Gasteiger partial charge in [0.2, 0.25) is 0 Å². The van der Waals surface area contributed by atoms with E-state index in [-0.39, 0.29) is 5.92 Å². The largest absolute Gasteiger partial charge is 0.360 e. The number of rotatable bonds is 7. The smallest absolute Gasteiger partial charge is 0.143 e. The minimum Gasteiger partial charge on any atom is -0.360 e. The summed E-state index contributed by atoms with van der Waals surface area (Å²) in [5.41, 5.74) is 4.92. The van der Waals surface area contributed by atoms with Crippen LogP contribution in [0.3, 0.4) is 0 Å². The molecule has 162 valence electrons. The fraction of sp³-hybridized carbons (Fsp3) is 0.129. The molecule has 1 aromatic heterocycles. The molecule has 0 N–H and O–H groups in total. The predicted octanol–water partition coefficient (Wildman–Crippen LogP) is 7.35. The molecule has 5 rings (SSSR count). The van der Waals surface area contributed by atoms with Crippen LogP contribution in [0.5, 0.6) is 0 Å². The zero-order chi connectivity index (χ0) is 22.5. The van der Waals surface area contributed by atoms with Crippen LogP contribution in [0.15, 0.2) is 128 Å². The summed E-state index contributed by atoms with van der Waals surface area (Å²) >= 11 is 0. The average Bonchev–Trinajstić information content (AvgIpc) is 2.90. The van der Waals surface area contributed by atoms with Crippen LogP contribution in [0.4, 0.5) is 0 Å². The molecule has 0 fully saturated rings. The lowest BCUT2D eigenvalue weighted by Crippen LogP contribution is -2.34. The Hall–Kier alpha value is -3.75. The van der Waals surface area contributed by atoms with E-state index >= 15 is 0 Å². The van der Waals surface area contributed by atoms with Gasteiger partial charge >= 0.3 is 0 Å². The Bertz CT molecular complexity index is 1210. The Labute approximate surface area is 195 Å². The molecular weight excluding hydrogens is 402 g/mol. The molecule has 0 aliphatic carbocycles. The van der Waals surface area contributed by atoms with Crippen molar-refractivity contribution in [3.8, 4) is 0 Å². The summed E-state index contributed by atoms with van der Waals surface area (Å²) in [7, 11) is 0. The second kappa shape index (κ2) is 9.40. The van der Waals surface area contributed by atoms with Crippen molar-refractivity contribution in [2.75, 3.05) is 6.61 Å². The van der Waals surface area contributed by atoms with E-state index in [0.29, 0.717) is 6.61 Å². The second-order valence-corrected chi connectivity index (χ2v) is 8.41. The number of pyridine rings is 1. The second-order valence-electron chi connectivity index (χ2n) is 8.41. The van der Waals surface area contributed by atoms with Crippen molar-refractivity contribution in [3.05, 3.63) is 150 Å². The first-order valence-electron chi connectivity index (χ1n) is 11.4. The fourth-order valence-electron chi connectivity index (χ4n) is 4.66. The molecule has 0 radical (unpaired) electrons. The third kappa shape index (κ3) is 4.06. The summed E-state index contributed by atoms with van der Waals surface area (Å²) < 4.78 is 7.03. The molecule has 0 bridgehead atoms. The van der Waals surface area contributed by atoms with Crippen LogP contribution < -0.4 is 0 Å². The Morgan fingerprint density at radius 1 is 0.636 bits per heavy atom. The van der Waals surface area contributed by atoms with Gasteiger partial charge in [0.25, 0.3) is 0 Å². The van der Waals surface area contributed by atoms with Crippen LogP contribution in [-0.4, -0.2) is 11.6 Å². The lowest BCUT2D eigenvalue weighted by molar-refractivity contribution is 0.00634. The van der Waals surface area contributed by atoms with Crippen LogP contribution in [0.2, 0.25) is 0 Å². The van der Waals surface area contributed by atoms with E-state index in [1.54, 1.807) is 0 Å². The third-order valence-corrected chi connectivity index (χ3v) is 6.30. The Morgan fingerprint density at radius 3 is 1.67 bits per heavy atom. The summed E-state index contributed by atoms with van der Waals surface area (Å²) in [6, 6.07) is 42.0. The maximum Gasteiger partial charge on any atom is 0.143 e. The highest BCUT2D eigenvalue weighted by molar-refractivity contribution is 5.82. The molecule has 1 atom stereocenters. The summed E-state index contributed by atoms with van der Waals surface area (Å²) in [6.45, 7) is 2.79. The molecule has 2 nitrogen and oxygen atoms in total. The van der Waals surface area contributed by atoms with Crippen molar-refractivity contribution in [1.82, 2.24) is 4.98 Å². The maximum atomic E-state index is 7.03. The Morgan fingerprint density at radius 2 is 1.12 bits per heavy atom. The van der Waals surface area contributed by atoms with Gasteiger partial charge < -0.3 is 4.74 Å². The summed E-state index contributed by atoms with van der Waals surface area (Å²) in [6.07, 6.45) is 1.90. The highest BCUT2D eigenvalue weighted by atomic mass is 16.5. The zero-order valence-electron chi connectivity index (χ0n) is 18.8. The van der Waals surface area contributed by atoms with Crippen LogP contribution in [0.1, 0.15) is 35.1 Å². The van der Waals surface area contributed by atoms with Crippen LogP contribution in [-0.2, 0) is 10.3 Å². The van der Waals surface area contributed by atoms with E-state index in [1.807, 2.05) is 12.3 Å². The molecule has 0 aliphatic heterocycles. The van der Waals surface area contributed by atoms with Gasteiger partial charge in [-0.1, -0.05) is 116 Å². The van der Waals surface area contributed by atoms with Crippen molar-refractivity contribution in [2.24, 2.45) is 0 Å². The van der Waals surface area contributed by atoms with Gasteiger partial charge in [-0.15, -0.1) is 0 Å². The van der Waals surface area contributed by atoms with Gasteiger partial charge in [-0.3, -0.25) is 4.98 Å². The number of benzene rings is 4. The minimum absolute atomic E-state index is 0.188. The quantitative estimate of drug-likeness (QED) is 0.252. The summed E-state index contributed by atoms with van der Waals surface area (Å²) in [5, 5.41) is 1.18. The fourth-order valence-corrected chi connectivity index (χ4v) is 4.66. The number of fused-ring (bicyclic) bond motifs is 1. The third-order valence-electron chi connectivity index (χ3n) is 6.30. The molecule has 4 aromatic carbocycles. The first kappa shape index (κ1) is 21.1. The highest BCUT2D eigenvalue weighted by Crippen LogP contribution is 2.41. The number of hydrogen-bond acceptors (Lipinski definition) is 2. The highest BCUT2D eigenvalue weighted by Gasteiger charge is 2.38. The van der Waals surface area contributed by atoms with Crippen molar-refractivity contribution in [1.29, 1.82) is 0 Å². The lowest BCUT2D eigenvalue weighted by atomic mass is 9.80. The molecule has 5 aromatic rings. The molecule has 0 amide bonds.